The van der Waals surface area contributed by atoms with Crippen LogP contribution in [0.3, 0.4) is 0 Å². The van der Waals surface area contributed by atoms with E-state index < -0.39 is 10.0 Å². The van der Waals surface area contributed by atoms with E-state index >= 15 is 0 Å². The Morgan fingerprint density at radius 3 is 2.30 bits per heavy atom. The highest BCUT2D eigenvalue weighted by Crippen LogP contribution is 2.42. The number of anilines is 1. The van der Waals surface area contributed by atoms with Gasteiger partial charge in [-0.2, -0.15) is 4.31 Å². The first-order valence-corrected chi connectivity index (χ1v) is 10.6. The smallest absolute Gasteiger partial charge is 0.243 e. The molecule has 0 amide bonds. The fraction of sp³-hybridized carbons (Fsp3) is 0.474. The molecule has 0 atom stereocenters. The number of sulfonamides is 1. The Hall–Kier alpha value is -2.19. The molecule has 2 aliphatic heterocycles. The van der Waals surface area contributed by atoms with E-state index in [2.05, 4.69) is 15.1 Å². The Bertz CT molecular complexity index is 879. The molecular weight excluding hydrogens is 364 g/mol. The highest BCUT2D eigenvalue weighted by molar-refractivity contribution is 7.89. The summed E-state index contributed by atoms with van der Waals surface area (Å²) in [5.41, 5.74) is 0.157. The zero-order valence-corrected chi connectivity index (χ0v) is 16.2. The summed E-state index contributed by atoms with van der Waals surface area (Å²) in [5, 5.41) is 8.30. The van der Waals surface area contributed by atoms with Gasteiger partial charge in [0.1, 0.15) is 0 Å². The van der Waals surface area contributed by atoms with Gasteiger partial charge in [0.25, 0.3) is 0 Å². The Morgan fingerprint density at radius 1 is 0.963 bits per heavy atom. The summed E-state index contributed by atoms with van der Waals surface area (Å²) in [4.78, 5) is 2.62. The average molecular weight is 388 g/mol. The van der Waals surface area contributed by atoms with Crippen molar-refractivity contribution in [2.45, 2.75) is 24.2 Å². The van der Waals surface area contributed by atoms with E-state index in [0.29, 0.717) is 23.9 Å². The van der Waals surface area contributed by atoms with Crippen LogP contribution in [0.25, 0.3) is 0 Å². The van der Waals surface area contributed by atoms with Crippen LogP contribution in [-0.2, 0) is 10.0 Å². The van der Waals surface area contributed by atoms with Crippen molar-refractivity contribution in [3.8, 4) is 5.88 Å². The fourth-order valence-electron chi connectivity index (χ4n) is 4.07. The minimum atomic E-state index is -3.40. The summed E-state index contributed by atoms with van der Waals surface area (Å²) in [6, 6.07) is 12.5. The largest absolute Gasteiger partial charge is 0.480 e. The zero-order valence-electron chi connectivity index (χ0n) is 15.4. The maximum atomic E-state index is 12.8. The van der Waals surface area contributed by atoms with E-state index in [0.717, 1.165) is 38.2 Å². The first-order valence-electron chi connectivity index (χ1n) is 9.20. The zero-order chi connectivity index (χ0) is 18.9. The van der Waals surface area contributed by atoms with Gasteiger partial charge < -0.3 is 9.64 Å². The Balaban J connectivity index is 1.42. The minimum absolute atomic E-state index is 0.157. The van der Waals surface area contributed by atoms with Gasteiger partial charge >= 0.3 is 0 Å². The minimum Gasteiger partial charge on any atom is -0.480 e. The van der Waals surface area contributed by atoms with Crippen LogP contribution in [0.2, 0.25) is 0 Å². The Labute approximate surface area is 160 Å². The van der Waals surface area contributed by atoms with Gasteiger partial charge in [0.2, 0.25) is 15.9 Å². The summed E-state index contributed by atoms with van der Waals surface area (Å²) in [5.74, 6) is 1.36. The lowest BCUT2D eigenvalue weighted by Crippen LogP contribution is -2.44. The molecule has 0 unspecified atom stereocenters. The third-order valence-electron chi connectivity index (χ3n) is 5.76. The quantitative estimate of drug-likeness (QED) is 0.799. The molecule has 2 aliphatic rings. The molecule has 0 aliphatic carbocycles. The molecule has 144 valence electrons. The third kappa shape index (κ3) is 3.51. The SMILES string of the molecule is COc1ccc(N2CCC3(CCN(S(=O)(=O)c4ccccc4)CC3)C2)nn1. The number of nitrogens with zero attached hydrogens (tertiary/aromatic N) is 4. The molecule has 0 N–H and O–H groups in total. The van der Waals surface area contributed by atoms with Crippen LogP contribution in [-0.4, -0.2) is 56.2 Å². The number of piperidine rings is 1. The van der Waals surface area contributed by atoms with E-state index in [1.807, 2.05) is 18.2 Å². The van der Waals surface area contributed by atoms with E-state index in [-0.39, 0.29) is 5.41 Å². The van der Waals surface area contributed by atoms with Gasteiger partial charge in [0.05, 0.1) is 12.0 Å². The van der Waals surface area contributed by atoms with Crippen molar-refractivity contribution in [2.75, 3.05) is 38.2 Å². The van der Waals surface area contributed by atoms with Crippen LogP contribution < -0.4 is 9.64 Å². The highest BCUT2D eigenvalue weighted by atomic mass is 32.2. The Morgan fingerprint density at radius 2 is 1.67 bits per heavy atom. The molecule has 0 bridgehead atoms. The lowest BCUT2D eigenvalue weighted by atomic mass is 9.78. The molecule has 2 aromatic rings. The van der Waals surface area contributed by atoms with Crippen molar-refractivity contribution in [1.82, 2.24) is 14.5 Å². The molecular formula is C19H24N4O3S. The molecule has 0 saturated carbocycles. The average Bonchev–Trinajstić information content (AvgIpc) is 3.12. The van der Waals surface area contributed by atoms with Crippen molar-refractivity contribution in [3.05, 3.63) is 42.5 Å². The van der Waals surface area contributed by atoms with E-state index in [1.165, 1.54) is 0 Å². The van der Waals surface area contributed by atoms with Gasteiger partial charge in [-0.05, 0) is 42.9 Å². The standard InChI is InChI=1S/C19H24N4O3S/c1-26-18-8-7-17(20-21-18)22-12-9-19(15-22)10-13-23(14-11-19)27(24,25)16-5-3-2-4-6-16/h2-8H,9-15H2,1H3. The van der Waals surface area contributed by atoms with Crippen LogP contribution in [0.1, 0.15) is 19.3 Å². The van der Waals surface area contributed by atoms with Crippen LogP contribution in [0, 0.1) is 5.41 Å². The van der Waals surface area contributed by atoms with Crippen molar-refractivity contribution in [2.24, 2.45) is 5.41 Å². The normalized spacial score (nSPS) is 20.1. The molecule has 7 nitrogen and oxygen atoms in total. The van der Waals surface area contributed by atoms with E-state index in [1.54, 1.807) is 35.7 Å². The number of hydrogen-bond acceptors (Lipinski definition) is 6. The van der Waals surface area contributed by atoms with Crippen LogP contribution >= 0.6 is 0 Å². The first kappa shape index (κ1) is 18.2. The van der Waals surface area contributed by atoms with Gasteiger partial charge in [-0.3, -0.25) is 0 Å². The summed E-state index contributed by atoms with van der Waals surface area (Å²) >= 11 is 0. The summed E-state index contributed by atoms with van der Waals surface area (Å²) in [6.45, 7) is 2.96. The van der Waals surface area contributed by atoms with Crippen molar-refractivity contribution in [3.63, 3.8) is 0 Å². The van der Waals surface area contributed by atoms with Crippen LogP contribution in [0.15, 0.2) is 47.4 Å². The van der Waals surface area contributed by atoms with E-state index in [9.17, 15) is 8.42 Å². The second-order valence-electron chi connectivity index (χ2n) is 7.32. The number of benzene rings is 1. The summed E-state index contributed by atoms with van der Waals surface area (Å²) in [7, 11) is -1.82. The predicted molar refractivity (Wildman–Crippen MR) is 102 cm³/mol. The third-order valence-corrected chi connectivity index (χ3v) is 7.67. The van der Waals surface area contributed by atoms with Crippen LogP contribution in [0.4, 0.5) is 5.82 Å². The van der Waals surface area contributed by atoms with Gasteiger partial charge in [0.15, 0.2) is 5.82 Å². The molecule has 1 aromatic heterocycles. The van der Waals surface area contributed by atoms with Gasteiger partial charge in [-0.25, -0.2) is 8.42 Å². The first-order chi connectivity index (χ1) is 13.0. The number of rotatable bonds is 4. The predicted octanol–water partition coefficient (Wildman–Crippen LogP) is 2.17. The van der Waals surface area contributed by atoms with Crippen molar-refractivity contribution < 1.29 is 13.2 Å². The van der Waals surface area contributed by atoms with Crippen molar-refractivity contribution in [1.29, 1.82) is 0 Å². The Kier molecular flexibility index (Phi) is 4.77. The maximum absolute atomic E-state index is 12.8. The van der Waals surface area contributed by atoms with Crippen LogP contribution in [0.5, 0.6) is 5.88 Å². The van der Waals surface area contributed by atoms with Gasteiger partial charge in [-0.1, -0.05) is 18.2 Å². The van der Waals surface area contributed by atoms with Crippen molar-refractivity contribution >= 4 is 15.8 Å². The lowest BCUT2D eigenvalue weighted by molar-refractivity contribution is 0.177. The van der Waals surface area contributed by atoms with Gasteiger partial charge in [0, 0.05) is 32.2 Å². The molecule has 4 rings (SSSR count). The number of hydrogen-bond donors (Lipinski definition) is 0. The molecule has 2 saturated heterocycles. The second kappa shape index (κ2) is 7.09. The number of ether oxygens (including phenoxy) is 1. The molecule has 3 heterocycles. The van der Waals surface area contributed by atoms with Gasteiger partial charge in [-0.15, -0.1) is 10.2 Å². The molecule has 2 fully saturated rings. The summed E-state index contributed by atoms with van der Waals surface area (Å²) < 4.78 is 32.3. The van der Waals surface area contributed by atoms with E-state index in [4.69, 9.17) is 4.74 Å². The second-order valence-corrected chi connectivity index (χ2v) is 9.26. The molecule has 1 aromatic carbocycles. The summed E-state index contributed by atoms with van der Waals surface area (Å²) in [6.07, 6.45) is 2.80. The molecule has 1 spiro atoms. The molecule has 8 heteroatoms. The molecule has 0 radical (unpaired) electrons. The number of methoxy groups -OCH3 is 1. The fourth-order valence-corrected chi connectivity index (χ4v) is 5.53. The lowest BCUT2D eigenvalue weighted by Gasteiger charge is -2.38. The molecule has 27 heavy (non-hydrogen) atoms. The topological polar surface area (TPSA) is 75.6 Å². The number of aromatic nitrogens is 2. The highest BCUT2D eigenvalue weighted by Gasteiger charge is 2.43. The monoisotopic (exact) mass is 388 g/mol. The maximum Gasteiger partial charge on any atom is 0.243 e.